The lowest BCUT2D eigenvalue weighted by molar-refractivity contribution is 0.0705. The first kappa shape index (κ1) is 19.9. The molecule has 162 valence electrons. The van der Waals surface area contributed by atoms with E-state index in [0.29, 0.717) is 30.5 Å². The predicted molar refractivity (Wildman–Crippen MR) is 115 cm³/mol. The highest BCUT2D eigenvalue weighted by molar-refractivity contribution is 5.92. The fourth-order valence-corrected chi connectivity index (χ4v) is 4.28. The van der Waals surface area contributed by atoms with Crippen molar-refractivity contribution in [2.24, 2.45) is 0 Å². The van der Waals surface area contributed by atoms with Crippen molar-refractivity contribution >= 4 is 5.91 Å². The summed E-state index contributed by atoms with van der Waals surface area (Å²) in [5, 5.41) is 11.3. The van der Waals surface area contributed by atoms with Crippen molar-refractivity contribution in [3.63, 3.8) is 0 Å². The number of hydrogen-bond donors (Lipinski definition) is 1. The van der Waals surface area contributed by atoms with Gasteiger partial charge in [-0.25, -0.2) is 9.97 Å². The topological polar surface area (TPSA) is 101 Å². The van der Waals surface area contributed by atoms with Crippen molar-refractivity contribution in [1.29, 1.82) is 0 Å². The molecule has 1 saturated carbocycles. The molecule has 5 rings (SSSR count). The van der Waals surface area contributed by atoms with Gasteiger partial charge in [0, 0.05) is 42.9 Å². The Bertz CT molecular complexity index is 1090. The van der Waals surface area contributed by atoms with Gasteiger partial charge in [-0.3, -0.25) is 9.89 Å². The van der Waals surface area contributed by atoms with E-state index >= 15 is 0 Å². The third-order valence-corrected chi connectivity index (χ3v) is 6.26. The first-order chi connectivity index (χ1) is 15.0. The summed E-state index contributed by atoms with van der Waals surface area (Å²) < 4.78 is 5.45. The number of aromatic amines is 1. The van der Waals surface area contributed by atoms with Crippen LogP contribution in [0.1, 0.15) is 90.7 Å². The van der Waals surface area contributed by atoms with Crippen LogP contribution in [0.25, 0.3) is 11.3 Å². The molecule has 1 saturated heterocycles. The van der Waals surface area contributed by atoms with Crippen LogP contribution < -0.4 is 0 Å². The molecule has 1 aliphatic carbocycles. The molecule has 0 aromatic carbocycles. The second-order valence-corrected chi connectivity index (χ2v) is 9.06. The minimum atomic E-state index is 0.0152. The number of H-pyrrole nitrogens is 1. The molecular weight excluding hydrogens is 392 g/mol. The van der Waals surface area contributed by atoms with Crippen molar-refractivity contribution in [2.45, 2.75) is 64.2 Å². The monoisotopic (exact) mass is 420 g/mol. The quantitative estimate of drug-likeness (QED) is 0.664. The van der Waals surface area contributed by atoms with Gasteiger partial charge in [-0.05, 0) is 44.6 Å². The van der Waals surface area contributed by atoms with Gasteiger partial charge in [0.15, 0.2) is 5.76 Å². The predicted octanol–water partition coefficient (Wildman–Crippen LogP) is 4.18. The zero-order chi connectivity index (χ0) is 21.5. The molecule has 2 aliphatic rings. The number of rotatable bonds is 5. The molecule has 0 unspecified atom stereocenters. The largest absolute Gasteiger partial charge is 0.356 e. The maximum Gasteiger partial charge on any atom is 0.274 e. The molecule has 8 nitrogen and oxygen atoms in total. The number of nitrogens with zero attached hydrogens (tertiary/aromatic N) is 5. The lowest BCUT2D eigenvalue weighted by Crippen LogP contribution is -2.38. The highest BCUT2D eigenvalue weighted by Gasteiger charge is 2.30. The molecule has 1 aliphatic heterocycles. The molecular formula is C23H28N6O2. The van der Waals surface area contributed by atoms with E-state index in [4.69, 9.17) is 9.51 Å². The average Bonchev–Trinajstić information content (AvgIpc) is 3.35. The van der Waals surface area contributed by atoms with Gasteiger partial charge in [0.2, 0.25) is 0 Å². The van der Waals surface area contributed by atoms with Gasteiger partial charge in [-0.2, -0.15) is 5.10 Å². The van der Waals surface area contributed by atoms with Gasteiger partial charge in [0.25, 0.3) is 5.91 Å². The molecule has 4 heterocycles. The summed E-state index contributed by atoms with van der Waals surface area (Å²) in [6.45, 7) is 7.54. The van der Waals surface area contributed by atoms with Gasteiger partial charge in [0.1, 0.15) is 11.5 Å². The smallest absolute Gasteiger partial charge is 0.274 e. The van der Waals surface area contributed by atoms with Crippen LogP contribution >= 0.6 is 0 Å². The summed E-state index contributed by atoms with van der Waals surface area (Å²) in [4.78, 5) is 24.3. The van der Waals surface area contributed by atoms with Gasteiger partial charge in [0.05, 0.1) is 17.0 Å². The number of amides is 1. The van der Waals surface area contributed by atoms with Crippen molar-refractivity contribution in [3.05, 3.63) is 46.9 Å². The van der Waals surface area contributed by atoms with Crippen molar-refractivity contribution in [2.75, 3.05) is 13.1 Å². The van der Waals surface area contributed by atoms with E-state index in [9.17, 15) is 4.79 Å². The Morgan fingerprint density at radius 1 is 1.16 bits per heavy atom. The van der Waals surface area contributed by atoms with Crippen LogP contribution in [0.5, 0.6) is 0 Å². The normalized spacial score (nSPS) is 17.5. The van der Waals surface area contributed by atoms with Crippen LogP contribution in [0, 0.1) is 6.92 Å². The Balaban J connectivity index is 1.28. The van der Waals surface area contributed by atoms with E-state index in [0.717, 1.165) is 41.3 Å². The van der Waals surface area contributed by atoms with Crippen molar-refractivity contribution in [1.82, 2.24) is 30.2 Å². The second kappa shape index (κ2) is 7.90. The molecule has 8 heteroatoms. The van der Waals surface area contributed by atoms with Crippen LogP contribution in [0.3, 0.4) is 0 Å². The number of carbonyl (C=O) groups is 1. The molecule has 0 atom stereocenters. The minimum Gasteiger partial charge on any atom is -0.356 e. The van der Waals surface area contributed by atoms with Gasteiger partial charge in [-0.15, -0.1) is 0 Å². The fraction of sp³-hybridized carbons (Fsp3) is 0.522. The Hall–Kier alpha value is -3.03. The number of carbonyl (C=O) groups excluding carboxylic acids is 1. The van der Waals surface area contributed by atoms with Crippen LogP contribution in [0.15, 0.2) is 22.9 Å². The highest BCUT2D eigenvalue weighted by Crippen LogP contribution is 2.39. The fourth-order valence-electron chi connectivity index (χ4n) is 4.28. The lowest BCUT2D eigenvalue weighted by atomic mass is 9.94. The lowest BCUT2D eigenvalue weighted by Gasteiger charge is -2.31. The van der Waals surface area contributed by atoms with Gasteiger partial charge in [-0.1, -0.05) is 19.0 Å². The molecule has 0 bridgehead atoms. The van der Waals surface area contributed by atoms with E-state index in [1.54, 1.807) is 0 Å². The molecule has 1 N–H and O–H groups in total. The summed E-state index contributed by atoms with van der Waals surface area (Å²) in [5.74, 6) is 2.62. The zero-order valence-electron chi connectivity index (χ0n) is 18.3. The Kier molecular flexibility index (Phi) is 5.08. The summed E-state index contributed by atoms with van der Waals surface area (Å²) in [7, 11) is 0. The third kappa shape index (κ3) is 3.98. The molecule has 2 fully saturated rings. The Morgan fingerprint density at radius 2 is 1.94 bits per heavy atom. The number of aryl methyl sites for hydroxylation is 1. The Labute approximate surface area is 181 Å². The number of likely N-dealkylation sites (tertiary alicyclic amines) is 1. The van der Waals surface area contributed by atoms with Gasteiger partial charge < -0.3 is 9.42 Å². The van der Waals surface area contributed by atoms with Crippen LogP contribution in [-0.4, -0.2) is 49.2 Å². The van der Waals surface area contributed by atoms with E-state index in [1.165, 1.54) is 12.8 Å². The summed E-state index contributed by atoms with van der Waals surface area (Å²) in [6, 6.07) is 3.84. The first-order valence-corrected chi connectivity index (χ1v) is 11.1. The van der Waals surface area contributed by atoms with Crippen molar-refractivity contribution in [3.8, 4) is 11.3 Å². The standard InChI is InChI=1S/C23H28N6O2/c1-13(2)21-17(20-10-14(3)28-31-20)12-24-22(25-21)16-6-8-29(9-7-16)23(30)19-11-18(26-27-19)15-4-5-15/h10-13,15-16H,4-9H2,1-3H3,(H,26,27). The van der Waals surface area contributed by atoms with Crippen molar-refractivity contribution < 1.29 is 9.32 Å². The first-order valence-electron chi connectivity index (χ1n) is 11.1. The summed E-state index contributed by atoms with van der Waals surface area (Å²) >= 11 is 0. The second-order valence-electron chi connectivity index (χ2n) is 9.06. The van der Waals surface area contributed by atoms with E-state index in [1.807, 2.05) is 30.2 Å². The summed E-state index contributed by atoms with van der Waals surface area (Å²) in [5.41, 5.74) is 4.34. The maximum absolute atomic E-state index is 12.8. The third-order valence-electron chi connectivity index (χ3n) is 6.26. The molecule has 1 amide bonds. The number of piperidine rings is 1. The maximum atomic E-state index is 12.8. The van der Waals surface area contributed by atoms with E-state index in [2.05, 4.69) is 34.2 Å². The van der Waals surface area contributed by atoms with Crippen LogP contribution in [0.4, 0.5) is 0 Å². The highest BCUT2D eigenvalue weighted by atomic mass is 16.5. The number of nitrogens with one attached hydrogen (secondary N) is 1. The van der Waals surface area contributed by atoms with E-state index < -0.39 is 0 Å². The van der Waals surface area contributed by atoms with Crippen LogP contribution in [-0.2, 0) is 0 Å². The molecule has 3 aromatic rings. The SMILES string of the molecule is Cc1cc(-c2cnc(C3CCN(C(=O)c4cc(C5CC5)[nH]n4)CC3)nc2C(C)C)on1. The number of aromatic nitrogens is 5. The average molecular weight is 421 g/mol. The minimum absolute atomic E-state index is 0.0152. The van der Waals surface area contributed by atoms with Crippen LogP contribution in [0.2, 0.25) is 0 Å². The van der Waals surface area contributed by atoms with E-state index in [-0.39, 0.29) is 17.7 Å². The zero-order valence-corrected chi connectivity index (χ0v) is 18.3. The molecule has 31 heavy (non-hydrogen) atoms. The molecule has 3 aromatic heterocycles. The molecule has 0 spiro atoms. The Morgan fingerprint density at radius 3 is 2.58 bits per heavy atom. The number of hydrogen-bond acceptors (Lipinski definition) is 6. The molecule has 0 radical (unpaired) electrons. The van der Waals surface area contributed by atoms with Gasteiger partial charge >= 0.3 is 0 Å². The summed E-state index contributed by atoms with van der Waals surface area (Å²) in [6.07, 6.45) is 5.94.